The number of carbonyl (C=O) groups is 2. The zero-order valence-electron chi connectivity index (χ0n) is 14.0. The molecule has 2 N–H and O–H groups in total. The van der Waals surface area contributed by atoms with E-state index in [-0.39, 0.29) is 16.9 Å². The SMILES string of the molecule is CNc1ccc(C(=O)OCC(=O)Nc2ccc(Cl)cc2C)cc1[N+](=O)[O-]. The number of nitro groups is 1. The Morgan fingerprint density at radius 3 is 2.50 bits per heavy atom. The normalized spacial score (nSPS) is 10.1. The van der Waals surface area contributed by atoms with Crippen molar-refractivity contribution < 1.29 is 19.2 Å². The second-order valence-corrected chi connectivity index (χ2v) is 5.76. The molecule has 0 spiro atoms. The molecule has 136 valence electrons. The number of benzene rings is 2. The van der Waals surface area contributed by atoms with Gasteiger partial charge in [-0.05, 0) is 42.8 Å². The van der Waals surface area contributed by atoms with Crippen molar-refractivity contribution in [2.45, 2.75) is 6.92 Å². The molecule has 0 bridgehead atoms. The Bertz CT molecular complexity index is 869. The van der Waals surface area contributed by atoms with Crippen molar-refractivity contribution in [2.24, 2.45) is 0 Å². The highest BCUT2D eigenvalue weighted by atomic mass is 35.5. The molecule has 0 unspecified atom stereocenters. The maximum Gasteiger partial charge on any atom is 0.338 e. The fourth-order valence-corrected chi connectivity index (χ4v) is 2.42. The van der Waals surface area contributed by atoms with Gasteiger partial charge in [0.15, 0.2) is 6.61 Å². The van der Waals surface area contributed by atoms with E-state index in [9.17, 15) is 19.7 Å². The van der Waals surface area contributed by atoms with Gasteiger partial charge >= 0.3 is 5.97 Å². The third-order valence-electron chi connectivity index (χ3n) is 3.50. The molecule has 2 aromatic rings. The van der Waals surface area contributed by atoms with Gasteiger partial charge < -0.3 is 15.4 Å². The second kappa shape index (κ2) is 8.30. The van der Waals surface area contributed by atoms with Crippen LogP contribution in [0, 0.1) is 17.0 Å². The quantitative estimate of drug-likeness (QED) is 0.453. The first kappa shape index (κ1) is 19.2. The molecule has 0 heterocycles. The van der Waals surface area contributed by atoms with E-state index in [0.717, 1.165) is 11.6 Å². The van der Waals surface area contributed by atoms with Gasteiger partial charge in [-0.2, -0.15) is 0 Å². The zero-order chi connectivity index (χ0) is 19.3. The van der Waals surface area contributed by atoms with Crippen molar-refractivity contribution in [1.82, 2.24) is 0 Å². The van der Waals surface area contributed by atoms with Crippen molar-refractivity contribution in [3.63, 3.8) is 0 Å². The molecule has 26 heavy (non-hydrogen) atoms. The van der Waals surface area contributed by atoms with Crippen molar-refractivity contribution in [3.8, 4) is 0 Å². The van der Waals surface area contributed by atoms with Crippen LogP contribution in [0.3, 0.4) is 0 Å². The fraction of sp³-hybridized carbons (Fsp3) is 0.176. The van der Waals surface area contributed by atoms with Crippen LogP contribution in [0.5, 0.6) is 0 Å². The highest BCUT2D eigenvalue weighted by Gasteiger charge is 2.18. The average Bonchev–Trinajstić information content (AvgIpc) is 2.61. The van der Waals surface area contributed by atoms with Crippen LogP contribution < -0.4 is 10.6 Å². The number of halogens is 1. The van der Waals surface area contributed by atoms with E-state index in [1.54, 1.807) is 25.1 Å². The molecule has 9 heteroatoms. The maximum atomic E-state index is 12.0. The number of nitrogens with one attached hydrogen (secondary N) is 2. The average molecular weight is 378 g/mol. The van der Waals surface area contributed by atoms with Crippen LogP contribution in [0.4, 0.5) is 17.1 Å². The molecule has 0 saturated heterocycles. The highest BCUT2D eigenvalue weighted by molar-refractivity contribution is 6.30. The van der Waals surface area contributed by atoms with E-state index in [2.05, 4.69) is 10.6 Å². The summed E-state index contributed by atoms with van der Waals surface area (Å²) in [5, 5.41) is 16.8. The Morgan fingerprint density at radius 1 is 1.19 bits per heavy atom. The van der Waals surface area contributed by atoms with Crippen LogP contribution in [0.15, 0.2) is 36.4 Å². The minimum atomic E-state index is -0.835. The Balaban J connectivity index is 2.00. The van der Waals surface area contributed by atoms with Crippen molar-refractivity contribution >= 4 is 40.5 Å². The lowest BCUT2D eigenvalue weighted by Crippen LogP contribution is -2.21. The van der Waals surface area contributed by atoms with Crippen molar-refractivity contribution in [1.29, 1.82) is 0 Å². The predicted octanol–water partition coefficient (Wildman–Crippen LogP) is 3.39. The lowest BCUT2D eigenvalue weighted by Gasteiger charge is -2.09. The Labute approximate surface area is 154 Å². The predicted molar refractivity (Wildman–Crippen MR) is 97.7 cm³/mol. The van der Waals surface area contributed by atoms with Gasteiger partial charge in [-0.25, -0.2) is 4.79 Å². The number of anilines is 2. The van der Waals surface area contributed by atoms with Gasteiger partial charge in [0.25, 0.3) is 11.6 Å². The molecule has 0 aliphatic carbocycles. The summed E-state index contributed by atoms with van der Waals surface area (Å²) in [6.07, 6.45) is 0. The van der Waals surface area contributed by atoms with Crippen molar-refractivity contribution in [3.05, 3.63) is 62.7 Å². The standard InChI is InChI=1S/C17H16ClN3O5/c1-10-7-12(18)4-6-13(10)20-16(22)9-26-17(23)11-3-5-14(19-2)15(8-11)21(24)25/h3-8,19H,9H2,1-2H3,(H,20,22). The summed E-state index contributed by atoms with van der Waals surface area (Å²) in [6.45, 7) is 1.25. The number of hydrogen-bond donors (Lipinski definition) is 2. The third kappa shape index (κ3) is 4.70. The number of rotatable bonds is 6. The van der Waals surface area contributed by atoms with Crippen LogP contribution >= 0.6 is 11.6 Å². The maximum absolute atomic E-state index is 12.0. The van der Waals surface area contributed by atoms with E-state index in [4.69, 9.17) is 16.3 Å². The van der Waals surface area contributed by atoms with E-state index < -0.39 is 23.4 Å². The summed E-state index contributed by atoms with van der Waals surface area (Å²) < 4.78 is 4.91. The minimum Gasteiger partial charge on any atom is -0.452 e. The van der Waals surface area contributed by atoms with Crippen LogP contribution in [0.25, 0.3) is 0 Å². The lowest BCUT2D eigenvalue weighted by molar-refractivity contribution is -0.384. The topological polar surface area (TPSA) is 111 Å². The smallest absolute Gasteiger partial charge is 0.338 e. The van der Waals surface area contributed by atoms with E-state index >= 15 is 0 Å². The molecular formula is C17H16ClN3O5. The number of ether oxygens (including phenoxy) is 1. The molecular weight excluding hydrogens is 362 g/mol. The molecule has 0 radical (unpaired) electrons. The second-order valence-electron chi connectivity index (χ2n) is 5.32. The van der Waals surface area contributed by atoms with E-state index in [0.29, 0.717) is 10.7 Å². The molecule has 0 saturated carbocycles. The van der Waals surface area contributed by atoms with Gasteiger partial charge in [-0.3, -0.25) is 14.9 Å². The van der Waals surface area contributed by atoms with E-state index in [1.165, 1.54) is 19.2 Å². The summed E-state index contributed by atoms with van der Waals surface area (Å²) in [4.78, 5) is 34.4. The summed E-state index contributed by atoms with van der Waals surface area (Å²) in [7, 11) is 1.53. The first-order valence-electron chi connectivity index (χ1n) is 7.51. The molecule has 0 aliphatic rings. The number of hydrogen-bond acceptors (Lipinski definition) is 6. The van der Waals surface area contributed by atoms with Gasteiger partial charge in [0.2, 0.25) is 0 Å². The minimum absolute atomic E-state index is 0.0221. The molecule has 2 rings (SSSR count). The van der Waals surface area contributed by atoms with Gasteiger partial charge in [0.05, 0.1) is 10.5 Å². The molecule has 0 aromatic heterocycles. The number of nitro benzene ring substituents is 1. The fourth-order valence-electron chi connectivity index (χ4n) is 2.19. The van der Waals surface area contributed by atoms with Crippen LogP contribution in [-0.4, -0.2) is 30.5 Å². The summed E-state index contributed by atoms with van der Waals surface area (Å²) in [5.74, 6) is -1.37. The van der Waals surface area contributed by atoms with E-state index in [1.807, 2.05) is 0 Å². The first-order valence-corrected chi connectivity index (χ1v) is 7.89. The highest BCUT2D eigenvalue weighted by Crippen LogP contribution is 2.25. The number of amides is 1. The Morgan fingerprint density at radius 2 is 1.88 bits per heavy atom. The molecule has 2 aromatic carbocycles. The lowest BCUT2D eigenvalue weighted by atomic mass is 10.1. The van der Waals surface area contributed by atoms with Crippen molar-refractivity contribution in [2.75, 3.05) is 24.3 Å². The monoisotopic (exact) mass is 377 g/mol. The Hall–Kier alpha value is -3.13. The van der Waals surface area contributed by atoms with Crippen LogP contribution in [-0.2, 0) is 9.53 Å². The Kier molecular flexibility index (Phi) is 6.13. The number of esters is 1. The molecule has 0 fully saturated rings. The summed E-state index contributed by atoms with van der Waals surface area (Å²) in [5.41, 5.74) is 1.29. The molecule has 0 aliphatic heterocycles. The number of aryl methyl sites for hydroxylation is 1. The third-order valence-corrected chi connectivity index (χ3v) is 3.73. The summed E-state index contributed by atoms with van der Waals surface area (Å²) >= 11 is 5.85. The number of carbonyl (C=O) groups excluding carboxylic acids is 2. The van der Waals surface area contributed by atoms with Gasteiger partial charge in [0.1, 0.15) is 5.69 Å². The molecule has 0 atom stereocenters. The molecule has 1 amide bonds. The zero-order valence-corrected chi connectivity index (χ0v) is 14.8. The molecule has 8 nitrogen and oxygen atoms in total. The number of nitrogens with zero attached hydrogens (tertiary/aromatic N) is 1. The van der Waals surface area contributed by atoms with Crippen LogP contribution in [0.2, 0.25) is 5.02 Å². The first-order chi connectivity index (χ1) is 12.3. The largest absolute Gasteiger partial charge is 0.452 e. The van der Waals surface area contributed by atoms with Gasteiger partial charge in [-0.1, -0.05) is 11.6 Å². The van der Waals surface area contributed by atoms with Crippen LogP contribution in [0.1, 0.15) is 15.9 Å². The van der Waals surface area contributed by atoms with Gasteiger partial charge in [-0.15, -0.1) is 0 Å². The van der Waals surface area contributed by atoms with Gasteiger partial charge in [0, 0.05) is 23.8 Å². The summed E-state index contributed by atoms with van der Waals surface area (Å²) in [6, 6.07) is 8.81.